The van der Waals surface area contributed by atoms with Crippen LogP contribution in [-0.4, -0.2) is 26.2 Å². The zero-order valence-corrected chi connectivity index (χ0v) is 11.7. The number of benzene rings is 1. The van der Waals surface area contributed by atoms with Gasteiger partial charge in [-0.25, -0.2) is 9.67 Å². The summed E-state index contributed by atoms with van der Waals surface area (Å²) in [6, 6.07) is 11.7. The van der Waals surface area contributed by atoms with Crippen LogP contribution in [0.5, 0.6) is 0 Å². The van der Waals surface area contributed by atoms with Crippen molar-refractivity contribution in [3.8, 4) is 17.5 Å². The first-order valence-electron chi connectivity index (χ1n) is 6.84. The van der Waals surface area contributed by atoms with Crippen LogP contribution in [0.25, 0.3) is 11.4 Å². The van der Waals surface area contributed by atoms with Crippen LogP contribution >= 0.6 is 0 Å². The molecule has 1 aliphatic carbocycles. The summed E-state index contributed by atoms with van der Waals surface area (Å²) in [5, 5.41) is 16.2. The van der Waals surface area contributed by atoms with Gasteiger partial charge in [-0.1, -0.05) is 30.3 Å². The number of hydrogen-bond acceptors (Lipinski definition) is 4. The lowest BCUT2D eigenvalue weighted by Crippen LogP contribution is -2.52. The molecule has 21 heavy (non-hydrogen) atoms. The zero-order chi connectivity index (χ0) is 14.9. The number of nitrogens with zero attached hydrogens (tertiary/aromatic N) is 4. The number of hydrogen-bond donors (Lipinski definition) is 1. The van der Waals surface area contributed by atoms with E-state index >= 15 is 0 Å². The van der Waals surface area contributed by atoms with E-state index in [0.717, 1.165) is 12.0 Å². The van der Waals surface area contributed by atoms with Crippen molar-refractivity contribution in [1.29, 1.82) is 5.26 Å². The van der Waals surface area contributed by atoms with Crippen LogP contribution in [0.1, 0.15) is 29.9 Å². The molecule has 0 spiro atoms. The van der Waals surface area contributed by atoms with E-state index in [2.05, 4.69) is 21.5 Å². The average Bonchev–Trinajstić information content (AvgIpc) is 2.86. The molecule has 1 amide bonds. The molecule has 106 valence electrons. The summed E-state index contributed by atoms with van der Waals surface area (Å²) in [5.74, 6) is 0.367. The summed E-state index contributed by atoms with van der Waals surface area (Å²) in [4.78, 5) is 16.6. The Kier molecular flexibility index (Phi) is 3.18. The van der Waals surface area contributed by atoms with Crippen LogP contribution in [-0.2, 0) is 7.05 Å². The number of carbonyl (C=O) groups is 1. The molecule has 1 aromatic carbocycles. The molecular formula is C15H15N5O. The molecule has 6 heteroatoms. The fraction of sp³-hybridized carbons (Fsp3) is 0.333. The van der Waals surface area contributed by atoms with E-state index < -0.39 is 5.54 Å². The maximum Gasteiger partial charge on any atom is 0.290 e. The molecule has 1 fully saturated rings. The van der Waals surface area contributed by atoms with E-state index in [1.807, 2.05) is 30.3 Å². The molecule has 0 saturated heterocycles. The van der Waals surface area contributed by atoms with Gasteiger partial charge in [-0.15, -0.1) is 0 Å². The first kappa shape index (κ1) is 13.3. The van der Waals surface area contributed by atoms with Crippen molar-refractivity contribution >= 4 is 5.91 Å². The highest BCUT2D eigenvalue weighted by Crippen LogP contribution is 2.31. The summed E-state index contributed by atoms with van der Waals surface area (Å²) >= 11 is 0. The highest BCUT2D eigenvalue weighted by molar-refractivity contribution is 5.92. The molecule has 1 saturated carbocycles. The lowest BCUT2D eigenvalue weighted by molar-refractivity contribution is 0.0866. The summed E-state index contributed by atoms with van der Waals surface area (Å²) in [5.41, 5.74) is 0.126. The van der Waals surface area contributed by atoms with Gasteiger partial charge in [0.2, 0.25) is 5.82 Å². The number of aryl methyl sites for hydroxylation is 1. The molecule has 0 unspecified atom stereocenters. The van der Waals surface area contributed by atoms with Crippen LogP contribution < -0.4 is 5.32 Å². The van der Waals surface area contributed by atoms with Gasteiger partial charge in [-0.2, -0.15) is 10.4 Å². The average molecular weight is 281 g/mol. The van der Waals surface area contributed by atoms with E-state index in [0.29, 0.717) is 18.7 Å². The molecule has 1 N–H and O–H groups in total. The molecule has 6 nitrogen and oxygen atoms in total. The molecule has 0 atom stereocenters. The number of aromatic nitrogens is 3. The molecule has 0 bridgehead atoms. The van der Waals surface area contributed by atoms with Gasteiger partial charge < -0.3 is 5.32 Å². The van der Waals surface area contributed by atoms with Gasteiger partial charge >= 0.3 is 0 Å². The van der Waals surface area contributed by atoms with Gasteiger partial charge in [0.05, 0.1) is 6.07 Å². The molecule has 2 aromatic rings. The van der Waals surface area contributed by atoms with E-state index in [4.69, 9.17) is 0 Å². The third kappa shape index (κ3) is 2.38. The highest BCUT2D eigenvalue weighted by atomic mass is 16.2. The Hall–Kier alpha value is -2.68. The molecule has 0 radical (unpaired) electrons. The minimum absolute atomic E-state index is 0.218. The fourth-order valence-corrected chi connectivity index (χ4v) is 2.36. The first-order valence-corrected chi connectivity index (χ1v) is 6.84. The molecule has 1 heterocycles. The second-order valence-electron chi connectivity index (χ2n) is 5.25. The Balaban J connectivity index is 1.85. The van der Waals surface area contributed by atoms with Gasteiger partial charge in [0.15, 0.2) is 5.82 Å². The van der Waals surface area contributed by atoms with Crippen molar-refractivity contribution in [2.45, 2.75) is 24.8 Å². The lowest BCUT2D eigenvalue weighted by atomic mass is 9.78. The van der Waals surface area contributed by atoms with Crippen LogP contribution in [0.3, 0.4) is 0 Å². The van der Waals surface area contributed by atoms with Gasteiger partial charge in [0.1, 0.15) is 5.54 Å². The van der Waals surface area contributed by atoms with Gasteiger partial charge in [-0.05, 0) is 19.3 Å². The number of nitriles is 1. The Bertz CT molecular complexity index is 709. The molecule has 0 aliphatic heterocycles. The molecule has 3 rings (SSSR count). The van der Waals surface area contributed by atoms with E-state index in [1.165, 1.54) is 4.68 Å². The number of rotatable bonds is 3. The summed E-state index contributed by atoms with van der Waals surface area (Å²) < 4.78 is 1.45. The maximum atomic E-state index is 12.3. The third-order valence-electron chi connectivity index (χ3n) is 3.77. The van der Waals surface area contributed by atoms with E-state index in [9.17, 15) is 10.1 Å². The van der Waals surface area contributed by atoms with Gasteiger partial charge in [0, 0.05) is 12.6 Å². The quantitative estimate of drug-likeness (QED) is 0.927. The normalized spacial score (nSPS) is 15.8. The topological polar surface area (TPSA) is 83.6 Å². The molecular weight excluding hydrogens is 266 g/mol. The Morgan fingerprint density at radius 1 is 1.38 bits per heavy atom. The Labute approximate surface area is 122 Å². The monoisotopic (exact) mass is 281 g/mol. The second kappa shape index (κ2) is 5.02. The van der Waals surface area contributed by atoms with Gasteiger partial charge in [-0.3, -0.25) is 4.79 Å². The number of amides is 1. The van der Waals surface area contributed by atoms with Crippen molar-refractivity contribution in [3.63, 3.8) is 0 Å². The molecule has 1 aliphatic rings. The number of carbonyl (C=O) groups excluding carboxylic acids is 1. The van der Waals surface area contributed by atoms with Crippen LogP contribution in [0.15, 0.2) is 30.3 Å². The van der Waals surface area contributed by atoms with Crippen molar-refractivity contribution in [1.82, 2.24) is 20.1 Å². The third-order valence-corrected chi connectivity index (χ3v) is 3.77. The summed E-state index contributed by atoms with van der Waals surface area (Å²) in [6.45, 7) is 0. The predicted octanol–water partition coefficient (Wildman–Crippen LogP) is 1.66. The Morgan fingerprint density at radius 3 is 2.67 bits per heavy atom. The summed E-state index contributed by atoms with van der Waals surface area (Å²) in [6.07, 6.45) is 2.35. The first-order chi connectivity index (χ1) is 10.1. The van der Waals surface area contributed by atoms with Crippen molar-refractivity contribution in [2.75, 3.05) is 0 Å². The van der Waals surface area contributed by atoms with E-state index in [1.54, 1.807) is 7.05 Å². The Morgan fingerprint density at radius 2 is 2.10 bits per heavy atom. The zero-order valence-electron chi connectivity index (χ0n) is 11.7. The van der Waals surface area contributed by atoms with E-state index in [-0.39, 0.29) is 11.7 Å². The highest BCUT2D eigenvalue weighted by Gasteiger charge is 2.39. The summed E-state index contributed by atoms with van der Waals surface area (Å²) in [7, 11) is 1.67. The lowest BCUT2D eigenvalue weighted by Gasteiger charge is -2.35. The van der Waals surface area contributed by atoms with Crippen LogP contribution in [0.4, 0.5) is 0 Å². The standard InChI is InChI=1S/C15H15N5O/c1-20-13(14(21)18-15(10-16)8-5-9-15)17-12(19-20)11-6-3-2-4-7-11/h2-4,6-7H,5,8-9H2,1H3,(H,18,21). The minimum atomic E-state index is -0.726. The van der Waals surface area contributed by atoms with Crippen molar-refractivity contribution in [2.24, 2.45) is 7.05 Å². The largest absolute Gasteiger partial charge is 0.331 e. The SMILES string of the molecule is Cn1nc(-c2ccccc2)nc1C(=O)NC1(C#N)CCC1. The van der Waals surface area contributed by atoms with Crippen molar-refractivity contribution < 1.29 is 4.79 Å². The second-order valence-corrected chi connectivity index (χ2v) is 5.25. The van der Waals surface area contributed by atoms with Crippen molar-refractivity contribution in [3.05, 3.63) is 36.2 Å². The smallest absolute Gasteiger partial charge is 0.290 e. The maximum absolute atomic E-state index is 12.3. The fourth-order valence-electron chi connectivity index (χ4n) is 2.36. The predicted molar refractivity (Wildman–Crippen MR) is 76.1 cm³/mol. The number of nitrogens with one attached hydrogen (secondary N) is 1. The minimum Gasteiger partial charge on any atom is -0.331 e. The molecule has 1 aromatic heterocycles. The van der Waals surface area contributed by atoms with Crippen LogP contribution in [0.2, 0.25) is 0 Å². The van der Waals surface area contributed by atoms with Crippen LogP contribution in [0, 0.1) is 11.3 Å². The van der Waals surface area contributed by atoms with Gasteiger partial charge in [0.25, 0.3) is 5.91 Å².